The van der Waals surface area contributed by atoms with Crippen LogP contribution in [0.15, 0.2) is 48.5 Å². The van der Waals surface area contributed by atoms with E-state index in [1.165, 1.54) is 11.1 Å². The largest absolute Gasteiger partial charge is 0.497 e. The Morgan fingerprint density at radius 1 is 1.06 bits per heavy atom. The van der Waals surface area contributed by atoms with E-state index in [9.17, 15) is 10.2 Å². The minimum Gasteiger partial charge on any atom is -0.497 e. The van der Waals surface area contributed by atoms with Gasteiger partial charge in [-0.2, -0.15) is 0 Å². The van der Waals surface area contributed by atoms with Gasteiger partial charge >= 0.3 is 0 Å². The summed E-state index contributed by atoms with van der Waals surface area (Å²) in [6.07, 6.45) is 0.770. The summed E-state index contributed by atoms with van der Waals surface area (Å²) in [4.78, 5) is 4.93. The fraction of sp³-hybridized carbons (Fsp3) is 0.462. The second kappa shape index (κ2) is 10.8. The molecule has 0 bridgehead atoms. The Kier molecular flexibility index (Phi) is 8.11. The van der Waals surface area contributed by atoms with Crippen LogP contribution in [0.1, 0.15) is 37.0 Å². The van der Waals surface area contributed by atoms with Gasteiger partial charge in [-0.05, 0) is 55.7 Å². The summed E-state index contributed by atoms with van der Waals surface area (Å²) in [5.74, 6) is 6.75. The van der Waals surface area contributed by atoms with Crippen molar-refractivity contribution >= 4 is 0 Å². The maximum absolute atomic E-state index is 9.75. The van der Waals surface area contributed by atoms with Crippen molar-refractivity contribution in [2.24, 2.45) is 0 Å². The molecule has 0 saturated carbocycles. The Labute approximate surface area is 186 Å². The molecule has 1 saturated heterocycles. The monoisotopic (exact) mass is 422 g/mol. The Hall–Kier alpha value is -2.36. The predicted molar refractivity (Wildman–Crippen MR) is 124 cm³/mol. The van der Waals surface area contributed by atoms with Crippen LogP contribution in [0.2, 0.25) is 0 Å². The smallest absolute Gasteiger partial charge is 0.120 e. The number of hydrogen-bond acceptors (Lipinski definition) is 5. The molecule has 1 fully saturated rings. The third kappa shape index (κ3) is 7.37. The van der Waals surface area contributed by atoms with E-state index in [0.29, 0.717) is 6.04 Å². The van der Waals surface area contributed by atoms with Gasteiger partial charge in [-0.15, -0.1) is 0 Å². The third-order valence-corrected chi connectivity index (χ3v) is 5.54. The molecule has 1 aliphatic rings. The van der Waals surface area contributed by atoms with Gasteiger partial charge in [-0.25, -0.2) is 0 Å². The van der Waals surface area contributed by atoms with Crippen LogP contribution in [0, 0.1) is 11.8 Å². The number of methoxy groups -OCH3 is 1. The van der Waals surface area contributed by atoms with Crippen LogP contribution >= 0.6 is 0 Å². The van der Waals surface area contributed by atoms with E-state index < -0.39 is 5.60 Å². The Morgan fingerprint density at radius 3 is 2.52 bits per heavy atom. The van der Waals surface area contributed by atoms with Gasteiger partial charge in [0.05, 0.1) is 7.11 Å². The Balaban J connectivity index is 1.60. The molecule has 5 heteroatoms. The fourth-order valence-corrected chi connectivity index (χ4v) is 3.91. The van der Waals surface area contributed by atoms with Gasteiger partial charge < -0.3 is 14.9 Å². The van der Waals surface area contributed by atoms with E-state index in [1.54, 1.807) is 21.0 Å². The molecular formula is C26H34N2O3. The average Bonchev–Trinajstić information content (AvgIpc) is 2.75. The molecule has 0 aromatic heterocycles. The van der Waals surface area contributed by atoms with Crippen molar-refractivity contribution < 1.29 is 14.9 Å². The number of piperazine rings is 1. The van der Waals surface area contributed by atoms with Crippen LogP contribution in [0.25, 0.3) is 0 Å². The highest BCUT2D eigenvalue weighted by atomic mass is 16.5. The van der Waals surface area contributed by atoms with Crippen molar-refractivity contribution in [1.82, 2.24) is 9.80 Å². The van der Waals surface area contributed by atoms with E-state index in [1.807, 2.05) is 24.3 Å². The SMILES string of the molecule is COc1cccc(CN2CCN(Cc3ccc(C#CC(C)(C)O)cc3)CC2CCO)c1. The zero-order valence-corrected chi connectivity index (χ0v) is 18.8. The Morgan fingerprint density at radius 2 is 1.84 bits per heavy atom. The molecular weight excluding hydrogens is 388 g/mol. The first-order chi connectivity index (χ1) is 14.9. The van der Waals surface area contributed by atoms with Gasteiger partial charge in [0.2, 0.25) is 0 Å². The first-order valence-corrected chi connectivity index (χ1v) is 10.9. The van der Waals surface area contributed by atoms with Crippen LogP contribution in [0.4, 0.5) is 0 Å². The van der Waals surface area contributed by atoms with Crippen molar-refractivity contribution in [3.8, 4) is 17.6 Å². The molecule has 31 heavy (non-hydrogen) atoms. The van der Waals surface area contributed by atoms with Crippen LogP contribution in [0.5, 0.6) is 5.75 Å². The lowest BCUT2D eigenvalue weighted by molar-refractivity contribution is 0.0499. The highest BCUT2D eigenvalue weighted by molar-refractivity contribution is 5.37. The molecule has 5 nitrogen and oxygen atoms in total. The van der Waals surface area contributed by atoms with E-state index in [0.717, 1.165) is 50.5 Å². The number of benzene rings is 2. The lowest BCUT2D eigenvalue weighted by Crippen LogP contribution is -2.52. The van der Waals surface area contributed by atoms with Crippen LogP contribution < -0.4 is 4.74 Å². The molecule has 2 aromatic carbocycles. The van der Waals surface area contributed by atoms with Gasteiger partial charge in [0, 0.05) is 50.9 Å². The normalized spacial score (nSPS) is 17.8. The van der Waals surface area contributed by atoms with Crippen molar-refractivity contribution in [3.05, 3.63) is 65.2 Å². The standard InChI is InChI=1S/C26H34N2O3/c1-26(2,30)13-11-21-7-9-22(10-8-21)18-27-14-15-28(24(20-27)12-16-29)19-23-5-4-6-25(17-23)31-3/h4-10,17,24,29-30H,12,14-16,18-20H2,1-3H3. The summed E-state index contributed by atoms with van der Waals surface area (Å²) < 4.78 is 5.35. The van der Waals surface area contributed by atoms with Gasteiger partial charge in [0.15, 0.2) is 0 Å². The average molecular weight is 423 g/mol. The van der Waals surface area contributed by atoms with E-state index >= 15 is 0 Å². The number of aliphatic hydroxyl groups is 2. The molecule has 1 heterocycles. The van der Waals surface area contributed by atoms with Gasteiger partial charge in [0.1, 0.15) is 11.4 Å². The van der Waals surface area contributed by atoms with E-state index in [-0.39, 0.29) is 6.61 Å². The number of hydrogen-bond donors (Lipinski definition) is 2. The summed E-state index contributed by atoms with van der Waals surface area (Å²) in [7, 11) is 1.69. The van der Waals surface area contributed by atoms with Crippen LogP contribution in [-0.2, 0) is 13.1 Å². The molecule has 3 rings (SSSR count). The van der Waals surface area contributed by atoms with Crippen LogP contribution in [0.3, 0.4) is 0 Å². The number of rotatable bonds is 7. The number of nitrogens with zero attached hydrogens (tertiary/aromatic N) is 2. The zero-order valence-electron chi connectivity index (χ0n) is 18.8. The minimum absolute atomic E-state index is 0.196. The second-order valence-electron chi connectivity index (χ2n) is 8.73. The molecule has 1 aliphatic heterocycles. The van der Waals surface area contributed by atoms with Gasteiger partial charge in [-0.3, -0.25) is 9.80 Å². The lowest BCUT2D eigenvalue weighted by Gasteiger charge is -2.41. The minimum atomic E-state index is -0.981. The summed E-state index contributed by atoms with van der Waals surface area (Å²) in [5, 5.41) is 19.4. The van der Waals surface area contributed by atoms with Crippen molar-refractivity contribution in [3.63, 3.8) is 0 Å². The molecule has 1 unspecified atom stereocenters. The predicted octanol–water partition coefficient (Wildman–Crippen LogP) is 2.89. The number of aliphatic hydroxyl groups excluding tert-OH is 1. The van der Waals surface area contributed by atoms with Crippen molar-refractivity contribution in [2.45, 2.75) is 45.0 Å². The zero-order chi connectivity index (χ0) is 22.3. The van der Waals surface area contributed by atoms with E-state index in [2.05, 4.69) is 45.9 Å². The molecule has 0 aliphatic carbocycles. The molecule has 0 radical (unpaired) electrons. The molecule has 2 N–H and O–H groups in total. The lowest BCUT2D eigenvalue weighted by atomic mass is 10.0. The molecule has 0 amide bonds. The highest BCUT2D eigenvalue weighted by Gasteiger charge is 2.26. The summed E-state index contributed by atoms with van der Waals surface area (Å²) in [5.41, 5.74) is 2.41. The van der Waals surface area contributed by atoms with E-state index in [4.69, 9.17) is 4.74 Å². The fourth-order valence-electron chi connectivity index (χ4n) is 3.91. The third-order valence-electron chi connectivity index (χ3n) is 5.54. The number of ether oxygens (including phenoxy) is 1. The van der Waals surface area contributed by atoms with Crippen LogP contribution in [-0.4, -0.2) is 65.0 Å². The molecule has 2 aromatic rings. The van der Waals surface area contributed by atoms with Gasteiger partial charge in [0.25, 0.3) is 0 Å². The summed E-state index contributed by atoms with van der Waals surface area (Å²) >= 11 is 0. The second-order valence-corrected chi connectivity index (χ2v) is 8.73. The maximum Gasteiger partial charge on any atom is 0.120 e. The first-order valence-electron chi connectivity index (χ1n) is 10.9. The topological polar surface area (TPSA) is 56.2 Å². The Bertz CT molecular complexity index is 893. The van der Waals surface area contributed by atoms with Gasteiger partial charge in [-0.1, -0.05) is 36.1 Å². The molecule has 166 valence electrons. The summed E-state index contributed by atoms with van der Waals surface area (Å²) in [6, 6.07) is 16.8. The maximum atomic E-state index is 9.75. The highest BCUT2D eigenvalue weighted by Crippen LogP contribution is 2.20. The van der Waals surface area contributed by atoms with Crippen molar-refractivity contribution in [1.29, 1.82) is 0 Å². The first kappa shape index (κ1) is 23.3. The molecule has 1 atom stereocenters. The quantitative estimate of drug-likeness (QED) is 0.672. The molecule has 0 spiro atoms. The van der Waals surface area contributed by atoms with Crippen molar-refractivity contribution in [2.75, 3.05) is 33.4 Å². The summed E-state index contributed by atoms with van der Waals surface area (Å²) in [6.45, 7) is 8.21.